The second-order valence-electron chi connectivity index (χ2n) is 4.23. The quantitative estimate of drug-likeness (QED) is 0.680. The van der Waals surface area contributed by atoms with E-state index < -0.39 is 11.8 Å². The molecule has 0 atom stereocenters. The monoisotopic (exact) mass is 259 g/mol. The molecule has 0 aromatic heterocycles. The Morgan fingerprint density at radius 3 is 2.74 bits per heavy atom. The van der Waals surface area contributed by atoms with E-state index in [-0.39, 0.29) is 17.9 Å². The summed E-state index contributed by atoms with van der Waals surface area (Å²) in [6, 6.07) is 11.2. The van der Waals surface area contributed by atoms with E-state index in [9.17, 15) is 9.18 Å². The summed E-state index contributed by atoms with van der Waals surface area (Å²) in [5.41, 5.74) is 7.81. The van der Waals surface area contributed by atoms with Crippen LogP contribution in [0.4, 0.5) is 10.1 Å². The first-order chi connectivity index (χ1) is 9.08. The van der Waals surface area contributed by atoms with E-state index in [4.69, 9.17) is 10.5 Å². The highest BCUT2D eigenvalue weighted by molar-refractivity contribution is 5.95. The Balaban J connectivity index is 2.10. The molecule has 2 N–H and O–H groups in total. The van der Waals surface area contributed by atoms with Gasteiger partial charge in [0.05, 0.1) is 5.56 Å². The van der Waals surface area contributed by atoms with Gasteiger partial charge in [-0.05, 0) is 36.2 Å². The Labute approximate surface area is 110 Å². The van der Waals surface area contributed by atoms with Crippen molar-refractivity contribution < 1.29 is 13.9 Å². The fraction of sp³-hybridized carbons (Fsp3) is 0.133. The van der Waals surface area contributed by atoms with Gasteiger partial charge in [0.1, 0.15) is 12.4 Å². The predicted octanol–water partition coefficient (Wildman–Crippen LogP) is 3.07. The van der Waals surface area contributed by atoms with Crippen molar-refractivity contribution in [3.63, 3.8) is 0 Å². The van der Waals surface area contributed by atoms with E-state index in [0.717, 1.165) is 17.2 Å². The number of rotatable bonds is 3. The summed E-state index contributed by atoms with van der Waals surface area (Å²) >= 11 is 0. The van der Waals surface area contributed by atoms with Gasteiger partial charge in [-0.15, -0.1) is 0 Å². The van der Waals surface area contributed by atoms with Gasteiger partial charge in [0, 0.05) is 5.69 Å². The zero-order valence-corrected chi connectivity index (χ0v) is 10.5. The van der Waals surface area contributed by atoms with Crippen LogP contribution in [0.2, 0.25) is 0 Å². The van der Waals surface area contributed by atoms with Crippen LogP contribution in [0.1, 0.15) is 21.5 Å². The summed E-state index contributed by atoms with van der Waals surface area (Å²) in [5.74, 6) is -1.14. The minimum atomic E-state index is -0.625. The van der Waals surface area contributed by atoms with Crippen LogP contribution in [0.5, 0.6) is 0 Å². The third-order valence-corrected chi connectivity index (χ3v) is 2.86. The van der Waals surface area contributed by atoms with Crippen molar-refractivity contribution in [1.82, 2.24) is 0 Å². The molecule has 0 radical (unpaired) electrons. The number of nitrogen functional groups attached to an aromatic ring is 1. The molecular formula is C15H14FNO2. The number of nitrogens with two attached hydrogens (primary N) is 1. The number of aryl methyl sites for hydroxylation is 1. The molecule has 0 saturated heterocycles. The van der Waals surface area contributed by atoms with Crippen LogP contribution in [0, 0.1) is 12.7 Å². The van der Waals surface area contributed by atoms with Crippen LogP contribution in [0.25, 0.3) is 0 Å². The second kappa shape index (κ2) is 5.52. The summed E-state index contributed by atoms with van der Waals surface area (Å²) in [7, 11) is 0. The van der Waals surface area contributed by atoms with Gasteiger partial charge in [-0.2, -0.15) is 0 Å². The average Bonchev–Trinajstić information content (AvgIpc) is 2.40. The summed E-state index contributed by atoms with van der Waals surface area (Å²) in [6.45, 7) is 2.07. The van der Waals surface area contributed by atoms with Crippen LogP contribution in [-0.2, 0) is 11.3 Å². The van der Waals surface area contributed by atoms with E-state index in [2.05, 4.69) is 0 Å². The van der Waals surface area contributed by atoms with Gasteiger partial charge in [0.25, 0.3) is 0 Å². The van der Waals surface area contributed by atoms with Gasteiger partial charge < -0.3 is 10.5 Å². The van der Waals surface area contributed by atoms with Crippen molar-refractivity contribution in [3.05, 3.63) is 65.0 Å². The van der Waals surface area contributed by atoms with Gasteiger partial charge in [-0.3, -0.25) is 0 Å². The first-order valence-corrected chi connectivity index (χ1v) is 5.84. The molecule has 2 aromatic rings. The molecule has 4 heteroatoms. The number of carbonyl (C=O) groups excluding carboxylic acids is 1. The molecule has 0 fully saturated rings. The van der Waals surface area contributed by atoms with Crippen LogP contribution in [-0.4, -0.2) is 5.97 Å². The van der Waals surface area contributed by atoms with Gasteiger partial charge >= 0.3 is 5.97 Å². The summed E-state index contributed by atoms with van der Waals surface area (Å²) in [6.07, 6.45) is 0. The van der Waals surface area contributed by atoms with Crippen molar-refractivity contribution in [2.45, 2.75) is 13.5 Å². The molecule has 2 aromatic carbocycles. The Morgan fingerprint density at radius 1 is 1.26 bits per heavy atom. The third-order valence-electron chi connectivity index (χ3n) is 2.86. The van der Waals surface area contributed by atoms with E-state index in [0.29, 0.717) is 0 Å². The number of carbonyl (C=O) groups is 1. The molecule has 0 aliphatic rings. The highest BCUT2D eigenvalue weighted by atomic mass is 19.1. The molecular weight excluding hydrogens is 245 g/mol. The van der Waals surface area contributed by atoms with Gasteiger partial charge in [0.2, 0.25) is 0 Å². The van der Waals surface area contributed by atoms with Crippen LogP contribution < -0.4 is 5.73 Å². The van der Waals surface area contributed by atoms with Crippen molar-refractivity contribution in [2.75, 3.05) is 5.73 Å². The number of ether oxygens (including phenoxy) is 1. The molecule has 0 bridgehead atoms. The molecule has 0 heterocycles. The maximum atomic E-state index is 13.1. The van der Waals surface area contributed by atoms with Crippen molar-refractivity contribution >= 4 is 11.7 Å². The fourth-order valence-corrected chi connectivity index (χ4v) is 1.70. The number of anilines is 1. The SMILES string of the molecule is Cc1ccccc1COC(=O)c1cc(F)ccc1N. The van der Waals surface area contributed by atoms with E-state index in [1.807, 2.05) is 31.2 Å². The van der Waals surface area contributed by atoms with Crippen molar-refractivity contribution in [1.29, 1.82) is 0 Å². The number of hydrogen-bond acceptors (Lipinski definition) is 3. The van der Waals surface area contributed by atoms with Gasteiger partial charge in [-0.25, -0.2) is 9.18 Å². The third kappa shape index (κ3) is 3.10. The number of benzene rings is 2. The molecule has 3 nitrogen and oxygen atoms in total. The summed E-state index contributed by atoms with van der Waals surface area (Å²) in [5, 5.41) is 0. The maximum absolute atomic E-state index is 13.1. The fourth-order valence-electron chi connectivity index (χ4n) is 1.70. The summed E-state index contributed by atoms with van der Waals surface area (Å²) < 4.78 is 18.2. The average molecular weight is 259 g/mol. The van der Waals surface area contributed by atoms with Crippen molar-refractivity contribution in [2.24, 2.45) is 0 Å². The lowest BCUT2D eigenvalue weighted by atomic mass is 10.1. The zero-order chi connectivity index (χ0) is 13.8. The first-order valence-electron chi connectivity index (χ1n) is 5.84. The van der Waals surface area contributed by atoms with Gasteiger partial charge in [-0.1, -0.05) is 24.3 Å². The van der Waals surface area contributed by atoms with Gasteiger partial charge in [0.15, 0.2) is 0 Å². The molecule has 0 aliphatic heterocycles. The second-order valence-corrected chi connectivity index (χ2v) is 4.23. The van der Waals surface area contributed by atoms with Crippen LogP contribution in [0.3, 0.4) is 0 Å². The predicted molar refractivity (Wildman–Crippen MR) is 71.1 cm³/mol. The molecule has 0 amide bonds. The first kappa shape index (κ1) is 13.1. The van der Waals surface area contributed by atoms with E-state index >= 15 is 0 Å². The maximum Gasteiger partial charge on any atom is 0.340 e. The Morgan fingerprint density at radius 2 is 2.00 bits per heavy atom. The van der Waals surface area contributed by atoms with Crippen molar-refractivity contribution in [3.8, 4) is 0 Å². The highest BCUT2D eigenvalue weighted by Crippen LogP contribution is 2.16. The molecule has 0 spiro atoms. The minimum absolute atomic E-state index is 0.0496. The molecule has 0 saturated carbocycles. The molecule has 0 aliphatic carbocycles. The lowest BCUT2D eigenvalue weighted by molar-refractivity contribution is 0.0473. The lowest BCUT2D eigenvalue weighted by Crippen LogP contribution is -2.09. The molecule has 98 valence electrons. The number of hydrogen-bond donors (Lipinski definition) is 1. The zero-order valence-electron chi connectivity index (χ0n) is 10.5. The Hall–Kier alpha value is -2.36. The lowest BCUT2D eigenvalue weighted by Gasteiger charge is -2.08. The Bertz CT molecular complexity index is 611. The standard InChI is InChI=1S/C15H14FNO2/c1-10-4-2-3-5-11(10)9-19-15(18)13-8-12(16)6-7-14(13)17/h2-8H,9,17H2,1H3. The number of halogens is 1. The van der Waals surface area contributed by atoms with Crippen LogP contribution in [0.15, 0.2) is 42.5 Å². The molecule has 2 rings (SSSR count). The largest absolute Gasteiger partial charge is 0.457 e. The normalized spacial score (nSPS) is 10.2. The van der Waals surface area contributed by atoms with Crippen LogP contribution >= 0.6 is 0 Å². The topological polar surface area (TPSA) is 52.3 Å². The smallest absolute Gasteiger partial charge is 0.340 e. The Kier molecular flexibility index (Phi) is 3.80. The highest BCUT2D eigenvalue weighted by Gasteiger charge is 2.12. The molecule has 19 heavy (non-hydrogen) atoms. The van der Waals surface area contributed by atoms with E-state index in [1.54, 1.807) is 0 Å². The van der Waals surface area contributed by atoms with E-state index in [1.165, 1.54) is 12.1 Å². The number of esters is 1. The summed E-state index contributed by atoms with van der Waals surface area (Å²) in [4.78, 5) is 11.8. The minimum Gasteiger partial charge on any atom is -0.457 e. The molecule has 0 unspecified atom stereocenters.